The molecular weight excluding hydrogens is 284 g/mol. The molecule has 1 aromatic rings. The number of halogens is 1. The van der Waals surface area contributed by atoms with Crippen LogP contribution in [0.2, 0.25) is 0 Å². The van der Waals surface area contributed by atoms with Gasteiger partial charge < -0.3 is 5.32 Å². The molecule has 1 aromatic carbocycles. The average Bonchev–Trinajstić information content (AvgIpc) is 2.53. The number of rotatable bonds is 0. The van der Waals surface area contributed by atoms with Gasteiger partial charge in [0.05, 0.1) is 0 Å². The van der Waals surface area contributed by atoms with Gasteiger partial charge in [0.15, 0.2) is 0 Å². The van der Waals surface area contributed by atoms with E-state index in [0.29, 0.717) is 12.8 Å². The third-order valence-corrected chi connectivity index (χ3v) is 4.27. The maximum atomic E-state index is 11.9. The van der Waals surface area contributed by atoms with Gasteiger partial charge in [-0.25, -0.2) is 4.79 Å². The average molecular weight is 295 g/mol. The largest absolute Gasteiger partial charge is 0.323 e. The van der Waals surface area contributed by atoms with Crippen LogP contribution in [0.5, 0.6) is 0 Å². The molecule has 2 N–H and O–H groups in total. The molecule has 1 aliphatic heterocycles. The molecule has 0 bridgehead atoms. The molecule has 1 aliphatic carbocycles. The van der Waals surface area contributed by atoms with E-state index in [4.69, 9.17) is 0 Å². The Morgan fingerprint density at radius 1 is 1.29 bits per heavy atom. The Hall–Kier alpha value is -1.36. The number of fused-ring (bicyclic) bond motifs is 1. The van der Waals surface area contributed by atoms with Gasteiger partial charge >= 0.3 is 6.03 Å². The summed E-state index contributed by atoms with van der Waals surface area (Å²) in [5.41, 5.74) is 1.64. The zero-order valence-corrected chi connectivity index (χ0v) is 10.6. The Balaban J connectivity index is 2.01. The van der Waals surface area contributed by atoms with E-state index in [2.05, 4.69) is 26.6 Å². The van der Waals surface area contributed by atoms with Gasteiger partial charge in [-0.05, 0) is 30.0 Å². The van der Waals surface area contributed by atoms with Crippen molar-refractivity contribution in [3.05, 3.63) is 33.8 Å². The lowest BCUT2D eigenvalue weighted by atomic mass is 9.78. The molecule has 1 heterocycles. The van der Waals surface area contributed by atoms with Crippen LogP contribution in [0, 0.1) is 0 Å². The lowest BCUT2D eigenvalue weighted by Crippen LogP contribution is -2.51. The summed E-state index contributed by atoms with van der Waals surface area (Å²) in [7, 11) is 0. The highest BCUT2D eigenvalue weighted by molar-refractivity contribution is 9.10. The quantitative estimate of drug-likeness (QED) is 0.713. The molecule has 0 radical (unpaired) electrons. The fraction of sp³-hybridized carbons (Fsp3) is 0.333. The summed E-state index contributed by atoms with van der Waals surface area (Å²) in [4.78, 5) is 23.1. The number of hydrogen-bond acceptors (Lipinski definition) is 2. The summed E-state index contributed by atoms with van der Waals surface area (Å²) in [6.45, 7) is 0. The van der Waals surface area contributed by atoms with Gasteiger partial charge in [-0.1, -0.05) is 28.1 Å². The molecule has 0 aromatic heterocycles. The normalized spacial score (nSPS) is 26.6. The van der Waals surface area contributed by atoms with E-state index in [1.165, 1.54) is 5.56 Å². The Labute approximate surface area is 107 Å². The first-order valence-corrected chi connectivity index (χ1v) is 6.30. The van der Waals surface area contributed by atoms with E-state index in [9.17, 15) is 9.59 Å². The van der Waals surface area contributed by atoms with Crippen LogP contribution in [0.1, 0.15) is 17.5 Å². The molecule has 5 heteroatoms. The molecule has 3 amide bonds. The van der Waals surface area contributed by atoms with Crippen molar-refractivity contribution in [2.75, 3.05) is 0 Å². The van der Waals surface area contributed by atoms with Crippen molar-refractivity contribution in [3.8, 4) is 0 Å². The maximum Gasteiger partial charge on any atom is 0.322 e. The predicted molar refractivity (Wildman–Crippen MR) is 65.6 cm³/mol. The third kappa shape index (κ3) is 1.57. The highest BCUT2D eigenvalue weighted by Crippen LogP contribution is 2.34. The van der Waals surface area contributed by atoms with Crippen molar-refractivity contribution < 1.29 is 9.59 Å². The number of benzene rings is 1. The standard InChI is InChI=1S/C12H11BrN2O2/c13-9-3-1-2-7-6-12(5-4-8(7)9)10(16)14-11(17)15-12/h1-3H,4-6H2,(H2,14,15,16,17). The molecule has 3 rings (SSSR count). The second-order valence-corrected chi connectivity index (χ2v) is 5.40. The molecule has 2 aliphatic rings. The molecule has 4 nitrogen and oxygen atoms in total. The lowest BCUT2D eigenvalue weighted by molar-refractivity contribution is -0.124. The van der Waals surface area contributed by atoms with Crippen LogP contribution in [0.25, 0.3) is 0 Å². The van der Waals surface area contributed by atoms with Crippen molar-refractivity contribution in [2.24, 2.45) is 0 Å². The fourth-order valence-electron chi connectivity index (χ4n) is 2.63. The number of hydrogen-bond donors (Lipinski definition) is 2. The molecule has 17 heavy (non-hydrogen) atoms. The Morgan fingerprint density at radius 3 is 2.82 bits per heavy atom. The number of nitrogens with one attached hydrogen (secondary N) is 2. The monoisotopic (exact) mass is 294 g/mol. The summed E-state index contributed by atoms with van der Waals surface area (Å²) >= 11 is 3.52. The van der Waals surface area contributed by atoms with Gasteiger partial charge in [-0.3, -0.25) is 10.1 Å². The van der Waals surface area contributed by atoms with Crippen LogP contribution in [-0.4, -0.2) is 17.5 Å². The SMILES string of the molecule is O=C1NC(=O)C2(CCc3c(Br)cccc3C2)N1. The Kier molecular flexibility index (Phi) is 2.26. The van der Waals surface area contributed by atoms with E-state index in [1.54, 1.807) is 0 Å². The second-order valence-electron chi connectivity index (χ2n) is 4.54. The van der Waals surface area contributed by atoms with Crippen molar-refractivity contribution in [2.45, 2.75) is 24.8 Å². The van der Waals surface area contributed by atoms with Crippen molar-refractivity contribution in [1.29, 1.82) is 0 Å². The van der Waals surface area contributed by atoms with E-state index in [0.717, 1.165) is 16.5 Å². The maximum absolute atomic E-state index is 11.9. The van der Waals surface area contributed by atoms with Gasteiger partial charge in [0.2, 0.25) is 0 Å². The van der Waals surface area contributed by atoms with Gasteiger partial charge in [-0.2, -0.15) is 0 Å². The molecule has 1 atom stereocenters. The summed E-state index contributed by atoms with van der Waals surface area (Å²) in [5.74, 6) is -0.201. The van der Waals surface area contributed by atoms with Crippen LogP contribution < -0.4 is 10.6 Å². The molecule has 1 unspecified atom stereocenters. The van der Waals surface area contributed by atoms with Gasteiger partial charge in [-0.15, -0.1) is 0 Å². The van der Waals surface area contributed by atoms with Crippen LogP contribution in [0.15, 0.2) is 22.7 Å². The summed E-state index contributed by atoms with van der Waals surface area (Å²) in [6.07, 6.45) is 2.02. The first-order valence-electron chi connectivity index (χ1n) is 5.51. The van der Waals surface area contributed by atoms with Crippen molar-refractivity contribution in [1.82, 2.24) is 10.6 Å². The number of imide groups is 1. The van der Waals surface area contributed by atoms with Gasteiger partial charge in [0, 0.05) is 10.9 Å². The van der Waals surface area contributed by atoms with Crippen LogP contribution >= 0.6 is 15.9 Å². The number of carbonyl (C=O) groups is 2. The van der Waals surface area contributed by atoms with E-state index >= 15 is 0 Å². The van der Waals surface area contributed by atoms with Crippen molar-refractivity contribution in [3.63, 3.8) is 0 Å². The second kappa shape index (κ2) is 3.57. The highest BCUT2D eigenvalue weighted by Gasteiger charge is 2.47. The number of amides is 3. The molecular formula is C12H11BrN2O2. The minimum Gasteiger partial charge on any atom is -0.323 e. The van der Waals surface area contributed by atoms with E-state index < -0.39 is 5.54 Å². The fourth-order valence-corrected chi connectivity index (χ4v) is 3.23. The van der Waals surface area contributed by atoms with Gasteiger partial charge in [0.1, 0.15) is 5.54 Å². The molecule has 88 valence electrons. The predicted octanol–water partition coefficient (Wildman–Crippen LogP) is 1.52. The molecule has 1 saturated heterocycles. The first-order chi connectivity index (χ1) is 8.11. The Bertz CT molecular complexity index is 529. The highest BCUT2D eigenvalue weighted by atomic mass is 79.9. The summed E-state index contributed by atoms with van der Waals surface area (Å²) in [6, 6.07) is 5.59. The number of carbonyl (C=O) groups excluding carboxylic acids is 2. The van der Waals surface area contributed by atoms with Crippen LogP contribution in [0.4, 0.5) is 4.79 Å². The molecule has 1 spiro atoms. The minimum atomic E-state index is -0.731. The van der Waals surface area contributed by atoms with E-state index in [1.807, 2.05) is 18.2 Å². The number of urea groups is 1. The van der Waals surface area contributed by atoms with Crippen molar-refractivity contribution >= 4 is 27.9 Å². The van der Waals surface area contributed by atoms with Gasteiger partial charge in [0.25, 0.3) is 5.91 Å². The Morgan fingerprint density at radius 2 is 2.12 bits per heavy atom. The van der Waals surface area contributed by atoms with E-state index in [-0.39, 0.29) is 11.9 Å². The molecule has 1 fully saturated rings. The topological polar surface area (TPSA) is 58.2 Å². The van der Waals surface area contributed by atoms with Crippen LogP contribution in [0.3, 0.4) is 0 Å². The molecule has 0 saturated carbocycles. The zero-order valence-electron chi connectivity index (χ0n) is 9.05. The summed E-state index contributed by atoms with van der Waals surface area (Å²) < 4.78 is 1.08. The smallest absolute Gasteiger partial charge is 0.322 e. The minimum absolute atomic E-state index is 0.201. The van der Waals surface area contributed by atoms with Crippen LogP contribution in [-0.2, 0) is 17.6 Å². The zero-order chi connectivity index (χ0) is 12.0. The third-order valence-electron chi connectivity index (χ3n) is 3.52. The first kappa shape index (κ1) is 10.8. The lowest BCUT2D eigenvalue weighted by Gasteiger charge is -2.32. The summed E-state index contributed by atoms with van der Waals surface area (Å²) in [5, 5.41) is 5.09.